The summed E-state index contributed by atoms with van der Waals surface area (Å²) >= 11 is 0. The van der Waals surface area contributed by atoms with Crippen LogP contribution in [0.5, 0.6) is 5.75 Å². The molecule has 0 fully saturated rings. The minimum Gasteiger partial charge on any atom is -0.507 e. The molecule has 0 aliphatic heterocycles. The van der Waals surface area contributed by atoms with E-state index >= 15 is 0 Å². The molecule has 0 aliphatic rings. The van der Waals surface area contributed by atoms with E-state index in [9.17, 15) is 5.11 Å². The lowest BCUT2D eigenvalue weighted by Gasteiger charge is -2.28. The van der Waals surface area contributed by atoms with E-state index in [-0.39, 0.29) is 5.41 Å². The third-order valence-corrected chi connectivity index (χ3v) is 8.07. The van der Waals surface area contributed by atoms with Crippen molar-refractivity contribution in [3.8, 4) is 5.75 Å². The molecule has 196 valence electrons. The summed E-state index contributed by atoms with van der Waals surface area (Å²) in [4.78, 5) is 0. The Bertz CT molecular complexity index is 820. The van der Waals surface area contributed by atoms with Gasteiger partial charge in [0.15, 0.2) is 0 Å². The minimum atomic E-state index is -0.0801. The van der Waals surface area contributed by atoms with Crippen LogP contribution in [-0.4, -0.2) is 5.11 Å². The van der Waals surface area contributed by atoms with Gasteiger partial charge in [-0.1, -0.05) is 160 Å². The van der Waals surface area contributed by atoms with Gasteiger partial charge in [0, 0.05) is 5.41 Å². The maximum absolute atomic E-state index is 10.8. The van der Waals surface area contributed by atoms with Crippen LogP contribution in [0.15, 0.2) is 42.5 Å². The number of hydrogen-bond acceptors (Lipinski definition) is 1. The molecule has 0 bridgehead atoms. The number of aromatic hydroxyl groups is 1. The molecule has 1 N–H and O–H groups in total. The Morgan fingerprint density at radius 2 is 1.17 bits per heavy atom. The van der Waals surface area contributed by atoms with Crippen LogP contribution < -0.4 is 0 Å². The fourth-order valence-electron chi connectivity index (χ4n) is 5.37. The van der Waals surface area contributed by atoms with E-state index < -0.39 is 0 Å². The van der Waals surface area contributed by atoms with E-state index in [1.165, 1.54) is 101 Å². The lowest BCUT2D eigenvalue weighted by molar-refractivity contribution is 0.451. The molecule has 1 heteroatoms. The Morgan fingerprint density at radius 3 is 1.69 bits per heavy atom. The highest BCUT2D eigenvalue weighted by atomic mass is 16.3. The van der Waals surface area contributed by atoms with Crippen molar-refractivity contribution in [1.29, 1.82) is 0 Å². The fraction of sp³-hybridized carbons (Fsp3) is 0.647. The van der Waals surface area contributed by atoms with Crippen LogP contribution in [0, 0.1) is 6.92 Å². The van der Waals surface area contributed by atoms with Gasteiger partial charge in [0.25, 0.3) is 0 Å². The minimum absolute atomic E-state index is 0.0801. The normalized spacial score (nSPS) is 12.7. The van der Waals surface area contributed by atoms with Gasteiger partial charge in [0.1, 0.15) is 5.75 Å². The molecule has 1 unspecified atom stereocenters. The number of hydrogen-bond donors (Lipinski definition) is 1. The highest BCUT2D eigenvalue weighted by Crippen LogP contribution is 2.39. The summed E-state index contributed by atoms with van der Waals surface area (Å²) in [6.45, 7) is 11.2. The molecule has 0 aliphatic carbocycles. The number of rotatable bonds is 18. The largest absolute Gasteiger partial charge is 0.507 e. The standard InChI is InChI=1S/C34H54O/c1-6-7-8-9-10-11-12-13-14-15-16-17-18-20-23-28(2)32-27-31(26-29(3)33(32)35)34(4,5)30-24-21-19-22-25-30/h19,21-22,24-28,35H,6-18,20,23H2,1-5H3. The molecule has 1 nitrogen and oxygen atoms in total. The predicted octanol–water partition coefficient (Wildman–Crippen LogP) is 11.0. The molecule has 0 saturated carbocycles. The Labute approximate surface area is 217 Å². The summed E-state index contributed by atoms with van der Waals surface area (Å²) in [6, 6.07) is 15.2. The molecule has 0 heterocycles. The van der Waals surface area contributed by atoms with E-state index in [4.69, 9.17) is 0 Å². The average Bonchev–Trinajstić information content (AvgIpc) is 2.86. The first-order valence-corrected chi connectivity index (χ1v) is 14.8. The van der Waals surface area contributed by atoms with Gasteiger partial charge in [-0.05, 0) is 41.5 Å². The zero-order valence-corrected chi connectivity index (χ0v) is 23.7. The first-order valence-electron chi connectivity index (χ1n) is 14.8. The third-order valence-electron chi connectivity index (χ3n) is 8.07. The SMILES string of the molecule is CCCCCCCCCCCCCCCCC(C)c1cc(C(C)(C)c2ccccc2)cc(C)c1O. The molecular weight excluding hydrogens is 424 g/mol. The Morgan fingerprint density at radius 1 is 0.686 bits per heavy atom. The molecule has 0 amide bonds. The monoisotopic (exact) mass is 478 g/mol. The summed E-state index contributed by atoms with van der Waals surface area (Å²) in [5.74, 6) is 0.882. The zero-order chi connectivity index (χ0) is 25.5. The molecule has 2 aromatic carbocycles. The lowest BCUT2D eigenvalue weighted by atomic mass is 9.76. The van der Waals surface area contributed by atoms with Crippen LogP contribution in [0.2, 0.25) is 0 Å². The van der Waals surface area contributed by atoms with Gasteiger partial charge in [-0.25, -0.2) is 0 Å². The van der Waals surface area contributed by atoms with Crippen LogP contribution in [0.3, 0.4) is 0 Å². The molecule has 35 heavy (non-hydrogen) atoms. The van der Waals surface area contributed by atoms with E-state index in [2.05, 4.69) is 70.2 Å². The second kappa shape index (κ2) is 16.1. The van der Waals surface area contributed by atoms with Crippen molar-refractivity contribution in [1.82, 2.24) is 0 Å². The maximum Gasteiger partial charge on any atom is 0.121 e. The van der Waals surface area contributed by atoms with Crippen LogP contribution >= 0.6 is 0 Å². The molecule has 2 aromatic rings. The first-order chi connectivity index (χ1) is 16.9. The molecule has 0 spiro atoms. The van der Waals surface area contributed by atoms with Crippen molar-refractivity contribution in [3.63, 3.8) is 0 Å². The van der Waals surface area contributed by atoms with Crippen molar-refractivity contribution >= 4 is 0 Å². The zero-order valence-electron chi connectivity index (χ0n) is 23.7. The van der Waals surface area contributed by atoms with Crippen molar-refractivity contribution < 1.29 is 5.11 Å². The highest BCUT2D eigenvalue weighted by molar-refractivity contribution is 5.49. The van der Waals surface area contributed by atoms with Crippen molar-refractivity contribution in [2.75, 3.05) is 0 Å². The predicted molar refractivity (Wildman–Crippen MR) is 155 cm³/mol. The number of benzene rings is 2. The van der Waals surface area contributed by atoms with Crippen molar-refractivity contribution in [3.05, 3.63) is 64.7 Å². The van der Waals surface area contributed by atoms with E-state index in [0.29, 0.717) is 11.7 Å². The average molecular weight is 479 g/mol. The smallest absolute Gasteiger partial charge is 0.121 e. The summed E-state index contributed by atoms with van der Waals surface area (Å²) in [5.41, 5.74) is 4.65. The molecule has 2 rings (SSSR count). The summed E-state index contributed by atoms with van der Waals surface area (Å²) in [6.07, 6.45) is 20.7. The fourth-order valence-corrected chi connectivity index (χ4v) is 5.37. The molecule has 0 saturated heterocycles. The van der Waals surface area contributed by atoms with Crippen LogP contribution in [0.4, 0.5) is 0 Å². The van der Waals surface area contributed by atoms with Crippen molar-refractivity contribution in [2.45, 2.75) is 142 Å². The van der Waals surface area contributed by atoms with E-state index in [1.54, 1.807) is 0 Å². The second-order valence-electron chi connectivity index (χ2n) is 11.5. The Hall–Kier alpha value is -1.76. The van der Waals surface area contributed by atoms with Gasteiger partial charge in [0.2, 0.25) is 0 Å². The topological polar surface area (TPSA) is 20.2 Å². The van der Waals surface area contributed by atoms with Gasteiger partial charge in [-0.3, -0.25) is 0 Å². The second-order valence-corrected chi connectivity index (χ2v) is 11.5. The van der Waals surface area contributed by atoms with Crippen LogP contribution in [0.25, 0.3) is 0 Å². The molecule has 0 radical (unpaired) electrons. The first kappa shape index (κ1) is 29.5. The summed E-state index contributed by atoms with van der Waals surface area (Å²) < 4.78 is 0. The quantitative estimate of drug-likeness (QED) is 0.211. The van der Waals surface area contributed by atoms with Gasteiger partial charge in [0.05, 0.1) is 0 Å². The molecular formula is C34H54O. The lowest BCUT2D eigenvalue weighted by Crippen LogP contribution is -2.19. The van der Waals surface area contributed by atoms with Crippen LogP contribution in [0.1, 0.15) is 152 Å². The van der Waals surface area contributed by atoms with E-state index in [1.807, 2.05) is 6.92 Å². The maximum atomic E-state index is 10.8. The third kappa shape index (κ3) is 10.0. The molecule has 1 atom stereocenters. The number of phenols is 1. The number of phenolic OH excluding ortho intramolecular Hbond substituents is 1. The number of unbranched alkanes of at least 4 members (excludes halogenated alkanes) is 13. The summed E-state index contributed by atoms with van der Waals surface area (Å²) in [7, 11) is 0. The molecule has 0 aromatic heterocycles. The van der Waals surface area contributed by atoms with Gasteiger partial charge >= 0.3 is 0 Å². The highest BCUT2D eigenvalue weighted by Gasteiger charge is 2.25. The van der Waals surface area contributed by atoms with Gasteiger partial charge < -0.3 is 5.11 Å². The Kier molecular flexibility index (Phi) is 13.5. The van der Waals surface area contributed by atoms with Gasteiger partial charge in [-0.15, -0.1) is 0 Å². The Balaban J connectivity index is 1.70. The van der Waals surface area contributed by atoms with Crippen molar-refractivity contribution in [2.24, 2.45) is 0 Å². The van der Waals surface area contributed by atoms with Gasteiger partial charge in [-0.2, -0.15) is 0 Å². The van der Waals surface area contributed by atoms with Crippen LogP contribution in [-0.2, 0) is 5.41 Å². The number of aryl methyl sites for hydroxylation is 1. The summed E-state index contributed by atoms with van der Waals surface area (Å²) in [5, 5.41) is 10.8. The van der Waals surface area contributed by atoms with E-state index in [0.717, 1.165) is 17.5 Å².